The van der Waals surface area contributed by atoms with Gasteiger partial charge in [0.1, 0.15) is 5.82 Å². The van der Waals surface area contributed by atoms with Crippen molar-refractivity contribution in [2.75, 3.05) is 0 Å². The van der Waals surface area contributed by atoms with Crippen LogP contribution in [-0.4, -0.2) is 15.0 Å². The molecule has 2 aromatic rings. The maximum atomic E-state index is 4.46. The van der Waals surface area contributed by atoms with E-state index in [4.69, 9.17) is 0 Å². The summed E-state index contributed by atoms with van der Waals surface area (Å²) in [4.78, 5) is 11.8. The molecule has 2 heterocycles. The van der Waals surface area contributed by atoms with Crippen LogP contribution in [0.25, 0.3) is 11.0 Å². The third-order valence-corrected chi connectivity index (χ3v) is 1.97. The van der Waals surface area contributed by atoms with Crippen LogP contribution in [0.2, 0.25) is 0 Å². The molecule has 0 bridgehead atoms. The number of nitrogens with zero attached hydrogens (tertiary/aromatic N) is 2. The molecule has 0 fully saturated rings. The molecule has 0 unspecified atom stereocenters. The van der Waals surface area contributed by atoms with Gasteiger partial charge in [-0.3, -0.25) is 0 Å². The molecule has 2 rings (SSSR count). The molecule has 1 N–H and O–H groups in total. The Hall–Kier alpha value is -1.38. The van der Waals surface area contributed by atoms with Gasteiger partial charge >= 0.3 is 0 Å². The van der Waals surface area contributed by atoms with Gasteiger partial charge in [0.05, 0.1) is 17.2 Å². The Morgan fingerprint density at radius 2 is 2.08 bits per heavy atom. The first-order chi connectivity index (χ1) is 6.07. The van der Waals surface area contributed by atoms with E-state index in [9.17, 15) is 0 Å². The summed E-state index contributed by atoms with van der Waals surface area (Å²) in [5.74, 6) is 0.889. The highest BCUT2D eigenvalue weighted by atomic mass is 14.9. The number of H-pyrrole nitrogens is 1. The molecule has 0 radical (unpaired) electrons. The summed E-state index contributed by atoms with van der Waals surface area (Å²) in [5, 5.41) is 0. The topological polar surface area (TPSA) is 41.6 Å². The molecule has 13 heavy (non-hydrogen) atoms. The second kappa shape index (κ2) is 2.55. The third-order valence-electron chi connectivity index (χ3n) is 1.97. The summed E-state index contributed by atoms with van der Waals surface area (Å²) in [7, 11) is 0. The predicted molar refractivity (Wildman–Crippen MR) is 52.6 cm³/mol. The summed E-state index contributed by atoms with van der Waals surface area (Å²) < 4.78 is 0. The smallest absolute Gasteiger partial charge is 0.134 e. The van der Waals surface area contributed by atoms with Gasteiger partial charge in [-0.05, 0) is 6.07 Å². The van der Waals surface area contributed by atoms with E-state index in [0.29, 0.717) is 0 Å². The fourth-order valence-corrected chi connectivity index (χ4v) is 1.21. The molecule has 0 saturated heterocycles. The van der Waals surface area contributed by atoms with Gasteiger partial charge in [-0.15, -0.1) is 0 Å². The molecule has 0 spiro atoms. The molecule has 0 aliphatic rings. The number of aromatic amines is 1. The zero-order valence-corrected chi connectivity index (χ0v) is 8.13. The fourth-order valence-electron chi connectivity index (χ4n) is 1.21. The SMILES string of the molecule is CC(C)(C)c1ncc2[nH]ccc2n1. The summed E-state index contributed by atoms with van der Waals surface area (Å²) in [6, 6.07) is 1.96. The molecule has 0 aromatic carbocycles. The van der Waals surface area contributed by atoms with E-state index in [-0.39, 0.29) is 5.41 Å². The van der Waals surface area contributed by atoms with Crippen LogP contribution in [0.4, 0.5) is 0 Å². The second-order valence-electron chi connectivity index (χ2n) is 4.22. The Balaban J connectivity index is 2.61. The van der Waals surface area contributed by atoms with Crippen LogP contribution < -0.4 is 0 Å². The minimum atomic E-state index is 0.0193. The van der Waals surface area contributed by atoms with Gasteiger partial charge in [0.25, 0.3) is 0 Å². The van der Waals surface area contributed by atoms with Crippen molar-refractivity contribution in [3.63, 3.8) is 0 Å². The van der Waals surface area contributed by atoms with Gasteiger partial charge in [-0.25, -0.2) is 9.97 Å². The number of aromatic nitrogens is 3. The Bertz CT molecular complexity index is 423. The molecular weight excluding hydrogens is 162 g/mol. The first kappa shape index (κ1) is 8.23. The lowest BCUT2D eigenvalue weighted by atomic mass is 9.96. The number of rotatable bonds is 0. The molecule has 68 valence electrons. The monoisotopic (exact) mass is 175 g/mol. The number of nitrogens with one attached hydrogen (secondary N) is 1. The lowest BCUT2D eigenvalue weighted by Gasteiger charge is -2.15. The minimum absolute atomic E-state index is 0.0193. The van der Waals surface area contributed by atoms with E-state index >= 15 is 0 Å². The zero-order chi connectivity index (χ0) is 9.47. The van der Waals surface area contributed by atoms with Crippen LogP contribution in [0.5, 0.6) is 0 Å². The lowest BCUT2D eigenvalue weighted by Crippen LogP contribution is -2.15. The average Bonchev–Trinajstić information content (AvgIpc) is 2.47. The molecule has 0 aliphatic carbocycles. The Morgan fingerprint density at radius 3 is 2.77 bits per heavy atom. The van der Waals surface area contributed by atoms with Gasteiger partial charge in [-0.1, -0.05) is 20.8 Å². The molecule has 3 nitrogen and oxygen atoms in total. The van der Waals surface area contributed by atoms with Crippen molar-refractivity contribution in [3.05, 3.63) is 24.3 Å². The van der Waals surface area contributed by atoms with Crippen LogP contribution in [-0.2, 0) is 5.41 Å². The fraction of sp³-hybridized carbons (Fsp3) is 0.400. The van der Waals surface area contributed by atoms with E-state index in [1.807, 2.05) is 18.5 Å². The Morgan fingerprint density at radius 1 is 1.31 bits per heavy atom. The minimum Gasteiger partial charge on any atom is -0.359 e. The van der Waals surface area contributed by atoms with E-state index in [2.05, 4.69) is 35.7 Å². The van der Waals surface area contributed by atoms with E-state index < -0.39 is 0 Å². The highest BCUT2D eigenvalue weighted by Crippen LogP contribution is 2.19. The van der Waals surface area contributed by atoms with Crippen molar-refractivity contribution >= 4 is 11.0 Å². The normalized spacial score (nSPS) is 12.2. The Labute approximate surface area is 77.2 Å². The average molecular weight is 175 g/mol. The maximum absolute atomic E-state index is 4.46. The first-order valence-electron chi connectivity index (χ1n) is 4.38. The van der Waals surface area contributed by atoms with E-state index in [1.165, 1.54) is 0 Å². The van der Waals surface area contributed by atoms with Crippen LogP contribution in [0.15, 0.2) is 18.5 Å². The van der Waals surface area contributed by atoms with Crippen LogP contribution in [0.1, 0.15) is 26.6 Å². The van der Waals surface area contributed by atoms with E-state index in [1.54, 1.807) is 0 Å². The molecule has 2 aromatic heterocycles. The molecule has 0 amide bonds. The van der Waals surface area contributed by atoms with Gasteiger partial charge < -0.3 is 4.98 Å². The lowest BCUT2D eigenvalue weighted by molar-refractivity contribution is 0.548. The third kappa shape index (κ3) is 1.41. The number of fused-ring (bicyclic) bond motifs is 1. The summed E-state index contributed by atoms with van der Waals surface area (Å²) in [6.07, 6.45) is 3.72. The summed E-state index contributed by atoms with van der Waals surface area (Å²) in [5.41, 5.74) is 2.00. The number of hydrogen-bond donors (Lipinski definition) is 1. The number of hydrogen-bond acceptors (Lipinski definition) is 2. The van der Waals surface area contributed by atoms with Crippen molar-refractivity contribution in [2.24, 2.45) is 0 Å². The van der Waals surface area contributed by atoms with Crippen LogP contribution in [0.3, 0.4) is 0 Å². The standard InChI is InChI=1S/C10H13N3/c1-10(2,3)9-12-6-8-7(13-9)4-5-11-8/h4-6,11H,1-3H3. The molecular formula is C10H13N3. The van der Waals surface area contributed by atoms with Crippen LogP contribution in [0, 0.1) is 0 Å². The summed E-state index contributed by atoms with van der Waals surface area (Å²) in [6.45, 7) is 6.34. The van der Waals surface area contributed by atoms with Gasteiger partial charge in [-0.2, -0.15) is 0 Å². The highest BCUT2D eigenvalue weighted by molar-refractivity contribution is 5.73. The van der Waals surface area contributed by atoms with Gasteiger partial charge in [0, 0.05) is 11.6 Å². The molecule has 0 atom stereocenters. The maximum Gasteiger partial charge on any atom is 0.134 e. The second-order valence-corrected chi connectivity index (χ2v) is 4.22. The highest BCUT2D eigenvalue weighted by Gasteiger charge is 2.17. The predicted octanol–water partition coefficient (Wildman–Crippen LogP) is 2.26. The van der Waals surface area contributed by atoms with Crippen LogP contribution >= 0.6 is 0 Å². The van der Waals surface area contributed by atoms with Crippen molar-refractivity contribution in [3.8, 4) is 0 Å². The van der Waals surface area contributed by atoms with Crippen molar-refractivity contribution in [2.45, 2.75) is 26.2 Å². The van der Waals surface area contributed by atoms with Gasteiger partial charge in [0.2, 0.25) is 0 Å². The largest absolute Gasteiger partial charge is 0.359 e. The van der Waals surface area contributed by atoms with E-state index in [0.717, 1.165) is 16.9 Å². The van der Waals surface area contributed by atoms with Gasteiger partial charge in [0.15, 0.2) is 0 Å². The zero-order valence-electron chi connectivity index (χ0n) is 8.13. The molecule has 0 aliphatic heterocycles. The van der Waals surface area contributed by atoms with Crippen molar-refractivity contribution in [1.29, 1.82) is 0 Å². The molecule has 3 heteroatoms. The van der Waals surface area contributed by atoms with Crippen molar-refractivity contribution < 1.29 is 0 Å². The first-order valence-corrected chi connectivity index (χ1v) is 4.38. The summed E-state index contributed by atoms with van der Waals surface area (Å²) >= 11 is 0. The van der Waals surface area contributed by atoms with Crippen molar-refractivity contribution in [1.82, 2.24) is 15.0 Å². The quantitative estimate of drug-likeness (QED) is 0.667. The molecule has 0 saturated carbocycles. The Kier molecular flexibility index (Phi) is 1.62.